The van der Waals surface area contributed by atoms with Crippen LogP contribution in [0.1, 0.15) is 5.69 Å². The van der Waals surface area contributed by atoms with Crippen molar-refractivity contribution in [1.29, 1.82) is 0 Å². The summed E-state index contributed by atoms with van der Waals surface area (Å²) in [5.41, 5.74) is 2.05. The van der Waals surface area contributed by atoms with Crippen LogP contribution >= 0.6 is 11.3 Å². The van der Waals surface area contributed by atoms with Gasteiger partial charge >= 0.3 is 0 Å². The highest BCUT2D eigenvalue weighted by molar-refractivity contribution is 7.13. The fourth-order valence-electron chi connectivity index (χ4n) is 3.01. The molecule has 1 saturated heterocycles. The summed E-state index contributed by atoms with van der Waals surface area (Å²) in [4.78, 5) is 13.9. The van der Waals surface area contributed by atoms with Gasteiger partial charge in [0.05, 0.1) is 5.69 Å². The molecule has 25 heavy (non-hydrogen) atoms. The number of aromatic nitrogens is 2. The highest BCUT2D eigenvalue weighted by atomic mass is 32.1. The molecule has 0 atom stereocenters. The van der Waals surface area contributed by atoms with Gasteiger partial charge < -0.3 is 4.90 Å². The first-order chi connectivity index (χ1) is 12.3. The van der Waals surface area contributed by atoms with Crippen LogP contribution in [0.2, 0.25) is 0 Å². The van der Waals surface area contributed by atoms with Crippen molar-refractivity contribution in [2.75, 3.05) is 31.1 Å². The van der Waals surface area contributed by atoms with Gasteiger partial charge in [-0.1, -0.05) is 6.07 Å². The van der Waals surface area contributed by atoms with Gasteiger partial charge in [0.25, 0.3) is 0 Å². The number of benzene rings is 1. The molecule has 0 spiro atoms. The summed E-state index contributed by atoms with van der Waals surface area (Å²) in [6.07, 6.45) is 1.84. The van der Waals surface area contributed by atoms with E-state index in [2.05, 4.69) is 26.2 Å². The van der Waals surface area contributed by atoms with Crippen molar-refractivity contribution in [3.05, 3.63) is 65.6 Å². The largest absolute Gasteiger partial charge is 0.354 e. The van der Waals surface area contributed by atoms with Crippen molar-refractivity contribution in [3.8, 4) is 10.6 Å². The molecule has 4 rings (SSSR count). The van der Waals surface area contributed by atoms with E-state index >= 15 is 0 Å². The van der Waals surface area contributed by atoms with Crippen LogP contribution in [0.3, 0.4) is 0 Å². The second kappa shape index (κ2) is 7.29. The van der Waals surface area contributed by atoms with Gasteiger partial charge in [0.15, 0.2) is 0 Å². The van der Waals surface area contributed by atoms with Crippen LogP contribution in [0, 0.1) is 5.82 Å². The Hall–Kier alpha value is -2.31. The van der Waals surface area contributed by atoms with Crippen molar-refractivity contribution >= 4 is 17.2 Å². The Morgan fingerprint density at radius 3 is 2.52 bits per heavy atom. The van der Waals surface area contributed by atoms with Gasteiger partial charge in [-0.25, -0.2) is 14.4 Å². The number of anilines is 1. The molecule has 1 aliphatic rings. The Kier molecular flexibility index (Phi) is 4.72. The highest BCUT2D eigenvalue weighted by Crippen LogP contribution is 2.24. The predicted octanol–water partition coefficient (Wildman–Crippen LogP) is 3.67. The van der Waals surface area contributed by atoms with Crippen LogP contribution in [-0.4, -0.2) is 41.0 Å². The molecule has 0 unspecified atom stereocenters. The lowest BCUT2D eigenvalue weighted by Gasteiger charge is -2.35. The average Bonchev–Trinajstić information content (AvgIpc) is 3.12. The smallest absolute Gasteiger partial charge is 0.128 e. The third-order valence-corrected chi connectivity index (χ3v) is 5.31. The van der Waals surface area contributed by atoms with Crippen molar-refractivity contribution < 1.29 is 4.39 Å². The van der Waals surface area contributed by atoms with E-state index in [4.69, 9.17) is 4.98 Å². The number of thiazole rings is 1. The molecule has 0 N–H and O–H groups in total. The monoisotopic (exact) mass is 354 g/mol. The fraction of sp³-hybridized carbons (Fsp3) is 0.263. The molecule has 0 aliphatic carbocycles. The summed E-state index contributed by atoms with van der Waals surface area (Å²) in [6.45, 7) is 4.81. The minimum Gasteiger partial charge on any atom is -0.354 e. The Labute approximate surface area is 150 Å². The minimum absolute atomic E-state index is 0.216. The minimum atomic E-state index is -0.216. The third-order valence-electron chi connectivity index (χ3n) is 4.37. The maximum absolute atomic E-state index is 13.0. The summed E-state index contributed by atoms with van der Waals surface area (Å²) >= 11 is 1.61. The molecule has 3 heterocycles. The number of pyridine rings is 1. The zero-order valence-corrected chi connectivity index (χ0v) is 14.6. The summed E-state index contributed by atoms with van der Waals surface area (Å²) in [6, 6.07) is 12.6. The first-order valence-corrected chi connectivity index (χ1v) is 9.24. The number of hydrogen-bond donors (Lipinski definition) is 0. The summed E-state index contributed by atoms with van der Waals surface area (Å²) in [7, 11) is 0. The maximum atomic E-state index is 13.0. The number of rotatable bonds is 4. The molecule has 2 aromatic heterocycles. The van der Waals surface area contributed by atoms with E-state index in [0.29, 0.717) is 0 Å². The van der Waals surface area contributed by atoms with Gasteiger partial charge in [-0.3, -0.25) is 4.90 Å². The second-order valence-electron chi connectivity index (χ2n) is 6.10. The molecule has 1 fully saturated rings. The zero-order valence-electron chi connectivity index (χ0n) is 13.8. The molecule has 6 heteroatoms. The van der Waals surface area contributed by atoms with Crippen LogP contribution < -0.4 is 4.90 Å². The van der Waals surface area contributed by atoms with E-state index in [1.54, 1.807) is 23.5 Å². The van der Waals surface area contributed by atoms with Crippen LogP contribution in [0.15, 0.2) is 54.0 Å². The first kappa shape index (κ1) is 16.2. The Bertz CT molecular complexity index is 811. The normalized spacial score (nSPS) is 15.5. The third kappa shape index (κ3) is 3.86. The molecule has 0 amide bonds. The van der Waals surface area contributed by atoms with E-state index in [-0.39, 0.29) is 5.82 Å². The zero-order chi connectivity index (χ0) is 17.1. The topological polar surface area (TPSA) is 32.3 Å². The quantitative estimate of drug-likeness (QED) is 0.716. The van der Waals surface area contributed by atoms with Crippen molar-refractivity contribution in [2.45, 2.75) is 6.54 Å². The Morgan fingerprint density at radius 1 is 1.00 bits per heavy atom. The highest BCUT2D eigenvalue weighted by Gasteiger charge is 2.18. The molecule has 1 aliphatic heterocycles. The molecule has 0 radical (unpaired) electrons. The number of hydrogen-bond acceptors (Lipinski definition) is 5. The molecule has 4 nitrogen and oxygen atoms in total. The molecule has 0 bridgehead atoms. The average molecular weight is 354 g/mol. The van der Waals surface area contributed by atoms with Crippen molar-refractivity contribution in [3.63, 3.8) is 0 Å². The van der Waals surface area contributed by atoms with E-state index in [0.717, 1.165) is 54.8 Å². The lowest BCUT2D eigenvalue weighted by molar-refractivity contribution is 0.247. The van der Waals surface area contributed by atoms with Gasteiger partial charge in [-0.15, -0.1) is 11.3 Å². The Morgan fingerprint density at radius 2 is 1.80 bits per heavy atom. The summed E-state index contributed by atoms with van der Waals surface area (Å²) < 4.78 is 13.0. The standard InChI is InChI=1S/C19H19FN4S/c20-16-6-4-15(5-7-16)19-22-17(14-25-19)13-23-9-11-24(12-10-23)18-3-1-2-8-21-18/h1-8,14H,9-13H2. The van der Waals surface area contributed by atoms with E-state index < -0.39 is 0 Å². The van der Waals surface area contributed by atoms with E-state index in [9.17, 15) is 4.39 Å². The van der Waals surface area contributed by atoms with Gasteiger partial charge in [-0.05, 0) is 36.4 Å². The van der Waals surface area contributed by atoms with Crippen LogP contribution in [-0.2, 0) is 6.54 Å². The Balaban J connectivity index is 1.35. The lowest BCUT2D eigenvalue weighted by atomic mass is 10.2. The second-order valence-corrected chi connectivity index (χ2v) is 6.96. The molecular weight excluding hydrogens is 335 g/mol. The van der Waals surface area contributed by atoms with Crippen molar-refractivity contribution in [1.82, 2.24) is 14.9 Å². The SMILES string of the molecule is Fc1ccc(-c2nc(CN3CCN(c4ccccn4)CC3)cs2)cc1. The number of nitrogens with zero attached hydrogens (tertiary/aromatic N) is 4. The van der Waals surface area contributed by atoms with Crippen LogP contribution in [0.4, 0.5) is 10.2 Å². The predicted molar refractivity (Wildman–Crippen MR) is 99.2 cm³/mol. The summed E-state index contributed by atoms with van der Waals surface area (Å²) in [5, 5.41) is 3.05. The van der Waals surface area contributed by atoms with Gasteiger partial charge in [0, 0.05) is 49.9 Å². The van der Waals surface area contributed by atoms with E-state index in [1.165, 1.54) is 12.1 Å². The molecule has 128 valence electrons. The van der Waals surface area contributed by atoms with Crippen LogP contribution in [0.5, 0.6) is 0 Å². The van der Waals surface area contributed by atoms with Gasteiger partial charge in [0.1, 0.15) is 16.6 Å². The lowest BCUT2D eigenvalue weighted by Crippen LogP contribution is -2.46. The van der Waals surface area contributed by atoms with Crippen molar-refractivity contribution in [2.24, 2.45) is 0 Å². The molecule has 1 aromatic carbocycles. The number of halogens is 1. The number of piperazine rings is 1. The van der Waals surface area contributed by atoms with E-state index in [1.807, 2.05) is 18.3 Å². The fourth-order valence-corrected chi connectivity index (χ4v) is 3.83. The molecular formula is C19H19FN4S. The molecule has 0 saturated carbocycles. The summed E-state index contributed by atoms with van der Waals surface area (Å²) in [5.74, 6) is 0.834. The van der Waals surface area contributed by atoms with Gasteiger partial charge in [-0.2, -0.15) is 0 Å². The van der Waals surface area contributed by atoms with Gasteiger partial charge in [0.2, 0.25) is 0 Å². The molecule has 3 aromatic rings. The first-order valence-electron chi connectivity index (χ1n) is 8.36. The van der Waals surface area contributed by atoms with Crippen LogP contribution in [0.25, 0.3) is 10.6 Å². The maximum Gasteiger partial charge on any atom is 0.128 e.